The normalized spacial score (nSPS) is 36.3. The highest BCUT2D eigenvalue weighted by Gasteiger charge is 2.30. The SMILES string of the molecule is CCCC[C@H]1CC[C@H]([C@H]2CC[C@H](OCC)CC2)CC1. The van der Waals surface area contributed by atoms with Gasteiger partial charge < -0.3 is 4.74 Å². The van der Waals surface area contributed by atoms with E-state index >= 15 is 0 Å². The first-order valence-electron chi connectivity index (χ1n) is 8.95. The molecule has 0 aliphatic heterocycles. The molecule has 2 fully saturated rings. The van der Waals surface area contributed by atoms with Crippen LogP contribution in [-0.2, 0) is 4.74 Å². The average Bonchev–Trinajstić information content (AvgIpc) is 2.47. The summed E-state index contributed by atoms with van der Waals surface area (Å²) in [6.45, 7) is 5.35. The lowest BCUT2D eigenvalue weighted by atomic mass is 9.70. The third-order valence-corrected chi connectivity index (χ3v) is 5.65. The zero-order chi connectivity index (χ0) is 13.5. The van der Waals surface area contributed by atoms with Crippen molar-refractivity contribution in [2.24, 2.45) is 17.8 Å². The summed E-state index contributed by atoms with van der Waals surface area (Å²) in [5.41, 5.74) is 0. The van der Waals surface area contributed by atoms with Crippen LogP contribution in [0.5, 0.6) is 0 Å². The molecule has 2 aliphatic carbocycles. The zero-order valence-electron chi connectivity index (χ0n) is 13.2. The molecule has 1 heteroatoms. The van der Waals surface area contributed by atoms with Gasteiger partial charge in [0.25, 0.3) is 0 Å². The molecule has 0 aromatic rings. The van der Waals surface area contributed by atoms with Crippen molar-refractivity contribution in [3.63, 3.8) is 0 Å². The van der Waals surface area contributed by atoms with Gasteiger partial charge in [-0.15, -0.1) is 0 Å². The molecular formula is C18H34O. The van der Waals surface area contributed by atoms with Crippen LogP contribution in [0.3, 0.4) is 0 Å². The van der Waals surface area contributed by atoms with Crippen molar-refractivity contribution in [2.75, 3.05) is 6.61 Å². The molecule has 0 unspecified atom stereocenters. The molecular weight excluding hydrogens is 232 g/mol. The summed E-state index contributed by atoms with van der Waals surface area (Å²) in [5.74, 6) is 3.15. The van der Waals surface area contributed by atoms with Gasteiger partial charge in [0, 0.05) is 6.61 Å². The van der Waals surface area contributed by atoms with Crippen LogP contribution in [0.25, 0.3) is 0 Å². The molecule has 19 heavy (non-hydrogen) atoms. The molecule has 1 nitrogen and oxygen atoms in total. The van der Waals surface area contributed by atoms with E-state index in [-0.39, 0.29) is 0 Å². The minimum absolute atomic E-state index is 0.585. The van der Waals surface area contributed by atoms with Gasteiger partial charge in [-0.05, 0) is 63.2 Å². The van der Waals surface area contributed by atoms with Crippen LogP contribution < -0.4 is 0 Å². The van der Waals surface area contributed by atoms with Crippen molar-refractivity contribution < 1.29 is 4.74 Å². The van der Waals surface area contributed by atoms with Crippen molar-refractivity contribution in [3.8, 4) is 0 Å². The second-order valence-electron chi connectivity index (χ2n) is 6.92. The Hall–Kier alpha value is -0.0400. The third kappa shape index (κ3) is 4.77. The van der Waals surface area contributed by atoms with E-state index in [1.807, 2.05) is 0 Å². The lowest BCUT2D eigenvalue weighted by Crippen LogP contribution is -2.28. The molecule has 112 valence electrons. The molecule has 0 aromatic heterocycles. The zero-order valence-corrected chi connectivity index (χ0v) is 13.2. The summed E-state index contributed by atoms with van der Waals surface area (Å²) < 4.78 is 5.78. The Bertz CT molecular complexity index is 222. The molecule has 2 saturated carbocycles. The molecule has 0 N–H and O–H groups in total. The topological polar surface area (TPSA) is 9.23 Å². The molecule has 0 bridgehead atoms. The number of hydrogen-bond acceptors (Lipinski definition) is 1. The Balaban J connectivity index is 1.65. The molecule has 0 amide bonds. The molecule has 0 atom stereocenters. The Labute approximate surface area is 120 Å². The Morgan fingerprint density at radius 1 is 0.789 bits per heavy atom. The number of hydrogen-bond donors (Lipinski definition) is 0. The average molecular weight is 266 g/mol. The predicted molar refractivity (Wildman–Crippen MR) is 82.3 cm³/mol. The first-order chi connectivity index (χ1) is 9.33. The van der Waals surface area contributed by atoms with Gasteiger partial charge in [-0.3, -0.25) is 0 Å². The van der Waals surface area contributed by atoms with Gasteiger partial charge in [-0.1, -0.05) is 39.0 Å². The lowest BCUT2D eigenvalue weighted by Gasteiger charge is -2.37. The molecule has 0 spiro atoms. The van der Waals surface area contributed by atoms with Crippen molar-refractivity contribution >= 4 is 0 Å². The number of ether oxygens (including phenoxy) is 1. The smallest absolute Gasteiger partial charge is 0.0575 e. The maximum Gasteiger partial charge on any atom is 0.0575 e. The van der Waals surface area contributed by atoms with E-state index in [1.54, 1.807) is 0 Å². The summed E-state index contributed by atoms with van der Waals surface area (Å²) in [5, 5.41) is 0. The van der Waals surface area contributed by atoms with E-state index in [9.17, 15) is 0 Å². The second kappa shape index (κ2) is 8.29. The minimum Gasteiger partial charge on any atom is -0.379 e. The van der Waals surface area contributed by atoms with E-state index in [2.05, 4.69) is 13.8 Å². The Morgan fingerprint density at radius 3 is 1.89 bits per heavy atom. The van der Waals surface area contributed by atoms with Crippen molar-refractivity contribution in [1.29, 1.82) is 0 Å². The molecule has 0 heterocycles. The molecule has 0 saturated heterocycles. The molecule has 2 rings (SSSR count). The molecule has 2 aliphatic rings. The van der Waals surface area contributed by atoms with Gasteiger partial charge in [-0.2, -0.15) is 0 Å². The van der Waals surface area contributed by atoms with E-state index in [0.717, 1.165) is 24.4 Å². The molecule has 0 radical (unpaired) electrons. The third-order valence-electron chi connectivity index (χ3n) is 5.65. The van der Waals surface area contributed by atoms with Gasteiger partial charge in [0.2, 0.25) is 0 Å². The van der Waals surface area contributed by atoms with Gasteiger partial charge in [-0.25, -0.2) is 0 Å². The van der Waals surface area contributed by atoms with Crippen LogP contribution in [-0.4, -0.2) is 12.7 Å². The van der Waals surface area contributed by atoms with Crippen LogP contribution in [0.15, 0.2) is 0 Å². The van der Waals surface area contributed by atoms with E-state index in [4.69, 9.17) is 4.74 Å². The monoisotopic (exact) mass is 266 g/mol. The summed E-state index contributed by atoms with van der Waals surface area (Å²) >= 11 is 0. The fourth-order valence-electron chi connectivity index (χ4n) is 4.40. The fraction of sp³-hybridized carbons (Fsp3) is 1.00. The van der Waals surface area contributed by atoms with Crippen LogP contribution in [0.2, 0.25) is 0 Å². The lowest BCUT2D eigenvalue weighted by molar-refractivity contribution is 0.0134. The Kier molecular flexibility index (Phi) is 6.70. The van der Waals surface area contributed by atoms with E-state index in [0.29, 0.717) is 6.10 Å². The fourth-order valence-corrected chi connectivity index (χ4v) is 4.40. The van der Waals surface area contributed by atoms with Crippen molar-refractivity contribution in [1.82, 2.24) is 0 Å². The summed E-state index contributed by atoms with van der Waals surface area (Å²) in [6.07, 6.45) is 16.5. The summed E-state index contributed by atoms with van der Waals surface area (Å²) in [4.78, 5) is 0. The maximum absolute atomic E-state index is 5.78. The van der Waals surface area contributed by atoms with Gasteiger partial charge in [0.15, 0.2) is 0 Å². The van der Waals surface area contributed by atoms with E-state index < -0.39 is 0 Å². The van der Waals surface area contributed by atoms with Gasteiger partial charge in [0.05, 0.1) is 6.10 Å². The maximum atomic E-state index is 5.78. The van der Waals surface area contributed by atoms with Crippen LogP contribution in [0.4, 0.5) is 0 Å². The quantitative estimate of drug-likeness (QED) is 0.610. The highest BCUT2D eigenvalue weighted by atomic mass is 16.5. The van der Waals surface area contributed by atoms with Crippen LogP contribution in [0, 0.1) is 17.8 Å². The second-order valence-corrected chi connectivity index (χ2v) is 6.92. The first kappa shape index (κ1) is 15.4. The van der Waals surface area contributed by atoms with Crippen molar-refractivity contribution in [2.45, 2.75) is 90.6 Å². The number of unbranched alkanes of at least 4 members (excludes halogenated alkanes) is 1. The van der Waals surface area contributed by atoms with E-state index in [1.165, 1.54) is 70.6 Å². The Morgan fingerprint density at radius 2 is 1.37 bits per heavy atom. The van der Waals surface area contributed by atoms with Gasteiger partial charge in [0.1, 0.15) is 0 Å². The standard InChI is InChI=1S/C18H34O/c1-3-5-6-15-7-9-16(10-8-15)17-11-13-18(14-12-17)19-4-2/h15-18H,3-14H2,1-2H3/t15-,16-,17-,18-. The molecule has 0 aromatic carbocycles. The first-order valence-corrected chi connectivity index (χ1v) is 8.95. The summed E-state index contributed by atoms with van der Waals surface area (Å²) in [6, 6.07) is 0. The largest absolute Gasteiger partial charge is 0.379 e. The van der Waals surface area contributed by atoms with Crippen LogP contribution >= 0.6 is 0 Å². The van der Waals surface area contributed by atoms with Crippen LogP contribution in [0.1, 0.15) is 84.5 Å². The number of rotatable bonds is 6. The van der Waals surface area contributed by atoms with Gasteiger partial charge >= 0.3 is 0 Å². The summed E-state index contributed by atoms with van der Waals surface area (Å²) in [7, 11) is 0. The highest BCUT2D eigenvalue weighted by molar-refractivity contribution is 4.82. The van der Waals surface area contributed by atoms with Crippen molar-refractivity contribution in [3.05, 3.63) is 0 Å². The minimum atomic E-state index is 0.585. The predicted octanol–water partition coefficient (Wildman–Crippen LogP) is 5.58. The highest BCUT2D eigenvalue weighted by Crippen LogP contribution is 2.41.